The van der Waals surface area contributed by atoms with E-state index in [1.807, 2.05) is 55.1 Å². The Morgan fingerprint density at radius 2 is 1.19 bits per heavy atom. The zero-order valence-corrected chi connectivity index (χ0v) is 31.8. The Kier molecular flexibility index (Phi) is 9.83. The molecule has 2 aliphatic rings. The Morgan fingerprint density at radius 1 is 0.679 bits per heavy atom. The van der Waals surface area contributed by atoms with Gasteiger partial charge in [0, 0.05) is 68.6 Å². The largest absolute Gasteiger partial charge is 0.465 e. The zero-order chi connectivity index (χ0) is 36.5. The van der Waals surface area contributed by atoms with Crippen LogP contribution in [-0.4, -0.2) is 46.1 Å². The van der Waals surface area contributed by atoms with Crippen LogP contribution in [0.5, 0.6) is 0 Å². The Bertz CT molecular complexity index is 2460. The number of nitrogens with zero attached hydrogens (tertiary/aromatic N) is 2. The van der Waals surface area contributed by atoms with Crippen molar-refractivity contribution in [2.24, 2.45) is 0 Å². The van der Waals surface area contributed by atoms with Gasteiger partial charge in [-0.15, -0.1) is 0 Å². The molecule has 2 N–H and O–H groups in total. The Balaban J connectivity index is 0.000000154. The highest BCUT2D eigenvalue weighted by Crippen LogP contribution is 2.41. The van der Waals surface area contributed by atoms with E-state index in [1.54, 1.807) is 0 Å². The van der Waals surface area contributed by atoms with E-state index < -0.39 is 0 Å². The van der Waals surface area contributed by atoms with E-state index >= 15 is 0 Å². The molecular weight excluding hydrogens is 775 g/mol. The highest BCUT2D eigenvalue weighted by atomic mass is 127. The van der Waals surface area contributed by atoms with Gasteiger partial charge in [-0.3, -0.25) is 9.97 Å². The second-order valence-electron chi connectivity index (χ2n) is 13.9. The number of esters is 2. The average Bonchev–Trinajstić information content (AvgIpc) is 4.14. The average molecular weight is 815 g/mol. The van der Waals surface area contributed by atoms with Crippen molar-refractivity contribution < 1.29 is 19.1 Å². The molecule has 9 rings (SSSR count). The lowest BCUT2D eigenvalue weighted by Gasteiger charge is -2.10. The molecule has 0 unspecified atom stereocenters. The van der Waals surface area contributed by atoms with Gasteiger partial charge in [-0.2, -0.15) is 0 Å². The van der Waals surface area contributed by atoms with E-state index in [0.29, 0.717) is 35.8 Å². The van der Waals surface area contributed by atoms with Crippen LogP contribution in [0.4, 0.5) is 0 Å². The maximum atomic E-state index is 12.4. The molecule has 266 valence electrons. The molecule has 0 amide bonds. The maximum Gasteiger partial charge on any atom is 0.339 e. The lowest BCUT2D eigenvalue weighted by Crippen LogP contribution is -2.09. The van der Waals surface area contributed by atoms with Gasteiger partial charge in [0.2, 0.25) is 0 Å². The highest BCUT2D eigenvalue weighted by Gasteiger charge is 2.27. The van der Waals surface area contributed by atoms with Crippen LogP contribution in [0.2, 0.25) is 0 Å². The van der Waals surface area contributed by atoms with Crippen molar-refractivity contribution >= 4 is 56.3 Å². The minimum atomic E-state index is -0.317. The lowest BCUT2D eigenvalue weighted by molar-refractivity contribution is 0.0590. The SMILES string of the molecule is COC(=O)c1cc(C2CC2)cnc1Cc1ccc2[nH]cc(-c3ccccc3)c2c1.COC(=O)c1cc(C2CC2)cnc1Cc1ccc2[nH]cc(I)c2c1. The van der Waals surface area contributed by atoms with Crippen LogP contribution in [0.15, 0.2) is 104 Å². The first kappa shape index (κ1) is 34.8. The standard InChI is InChI=1S/C25H22N2O2.C19H17IN2O2/c1-29-25(28)21-13-19(17-8-9-17)14-26-24(21)12-16-7-10-23-20(11-16)22(15-27-23)18-5-3-2-4-6-18;1-24-19(23)15-8-13(12-3-4-12)9-21-18(15)7-11-2-5-17-14(6-11)16(20)10-22-17/h2-7,10-11,13-15,17,27H,8-9,12H2,1H3;2,5-6,8-10,12,22H,3-4,7H2,1H3. The van der Waals surface area contributed by atoms with E-state index in [9.17, 15) is 9.59 Å². The van der Waals surface area contributed by atoms with E-state index in [4.69, 9.17) is 9.47 Å². The van der Waals surface area contributed by atoms with Gasteiger partial charge in [-0.25, -0.2) is 9.59 Å². The second-order valence-corrected chi connectivity index (χ2v) is 15.0. The summed E-state index contributed by atoms with van der Waals surface area (Å²) in [6.45, 7) is 0. The van der Waals surface area contributed by atoms with Gasteiger partial charge in [0.1, 0.15) is 0 Å². The van der Waals surface area contributed by atoms with Gasteiger partial charge in [0.15, 0.2) is 0 Å². The van der Waals surface area contributed by atoms with E-state index in [-0.39, 0.29) is 11.9 Å². The van der Waals surface area contributed by atoms with Gasteiger partial charge >= 0.3 is 11.9 Å². The number of benzene rings is 3. The molecule has 0 bridgehead atoms. The van der Waals surface area contributed by atoms with Crippen LogP contribution in [-0.2, 0) is 22.3 Å². The number of aromatic nitrogens is 4. The van der Waals surface area contributed by atoms with Gasteiger partial charge in [-0.05, 0) is 124 Å². The first-order chi connectivity index (χ1) is 25.9. The number of halogens is 1. The number of fused-ring (bicyclic) bond motifs is 2. The second kappa shape index (κ2) is 15.0. The summed E-state index contributed by atoms with van der Waals surface area (Å²) in [5, 5.41) is 2.37. The molecule has 2 aliphatic carbocycles. The molecule has 2 saturated carbocycles. The molecule has 0 spiro atoms. The summed E-state index contributed by atoms with van der Waals surface area (Å²) in [5.41, 5.74) is 11.8. The summed E-state index contributed by atoms with van der Waals surface area (Å²) in [7, 11) is 2.85. The maximum absolute atomic E-state index is 12.4. The zero-order valence-electron chi connectivity index (χ0n) is 29.6. The van der Waals surface area contributed by atoms with Crippen molar-refractivity contribution in [3.8, 4) is 11.1 Å². The van der Waals surface area contributed by atoms with E-state index in [1.165, 1.54) is 65.4 Å². The fourth-order valence-electron chi connectivity index (χ4n) is 6.92. The fourth-order valence-corrected chi connectivity index (χ4v) is 7.52. The summed E-state index contributed by atoms with van der Waals surface area (Å²) in [6.07, 6.45) is 13.8. The van der Waals surface area contributed by atoms with Crippen molar-refractivity contribution in [2.75, 3.05) is 14.2 Å². The Hall–Kier alpha value is -5.29. The number of H-pyrrole nitrogens is 2. The predicted molar refractivity (Wildman–Crippen MR) is 215 cm³/mol. The van der Waals surface area contributed by atoms with Gasteiger partial charge in [0.25, 0.3) is 0 Å². The Morgan fingerprint density at radius 3 is 1.72 bits per heavy atom. The van der Waals surface area contributed by atoms with Crippen LogP contribution in [0.3, 0.4) is 0 Å². The summed E-state index contributed by atoms with van der Waals surface area (Å²) in [5.74, 6) is 0.484. The molecule has 0 radical (unpaired) electrons. The number of pyridine rings is 2. The number of nitrogens with one attached hydrogen (secondary N) is 2. The van der Waals surface area contributed by atoms with Crippen molar-refractivity contribution in [1.82, 2.24) is 19.9 Å². The summed E-state index contributed by atoms with van der Waals surface area (Å²) >= 11 is 2.32. The van der Waals surface area contributed by atoms with Crippen LogP contribution in [0.1, 0.15) is 91.9 Å². The van der Waals surface area contributed by atoms with Crippen LogP contribution in [0.25, 0.3) is 32.9 Å². The number of methoxy groups -OCH3 is 2. The summed E-state index contributed by atoms with van der Waals surface area (Å²) in [6, 6.07) is 26.9. The quantitative estimate of drug-likeness (QED) is 0.111. The number of rotatable bonds is 9. The lowest BCUT2D eigenvalue weighted by atomic mass is 9.99. The number of ether oxygens (including phenoxy) is 2. The third kappa shape index (κ3) is 7.62. The predicted octanol–water partition coefficient (Wildman–Crippen LogP) is 9.91. The minimum absolute atomic E-state index is 0.308. The first-order valence-corrected chi connectivity index (χ1v) is 19.0. The van der Waals surface area contributed by atoms with Crippen molar-refractivity contribution in [2.45, 2.75) is 50.4 Å². The van der Waals surface area contributed by atoms with Crippen LogP contribution >= 0.6 is 22.6 Å². The molecular formula is C44H39IN4O4. The number of hydrogen-bond acceptors (Lipinski definition) is 6. The van der Waals surface area contributed by atoms with Crippen LogP contribution < -0.4 is 0 Å². The van der Waals surface area contributed by atoms with Gasteiger partial charge in [-0.1, -0.05) is 42.5 Å². The number of carbonyl (C=O) groups excluding carboxylic acids is 2. The Labute approximate surface area is 321 Å². The first-order valence-electron chi connectivity index (χ1n) is 17.9. The van der Waals surface area contributed by atoms with Crippen molar-refractivity contribution in [1.29, 1.82) is 0 Å². The molecule has 3 aromatic carbocycles. The van der Waals surface area contributed by atoms with Gasteiger partial charge in [0.05, 0.1) is 36.7 Å². The molecule has 0 saturated heterocycles. The molecule has 4 heterocycles. The van der Waals surface area contributed by atoms with Crippen molar-refractivity contribution in [3.63, 3.8) is 0 Å². The molecule has 0 atom stereocenters. The third-order valence-corrected chi connectivity index (χ3v) is 11.1. The molecule has 4 aromatic heterocycles. The highest BCUT2D eigenvalue weighted by molar-refractivity contribution is 14.1. The smallest absolute Gasteiger partial charge is 0.339 e. The molecule has 8 nitrogen and oxygen atoms in total. The molecule has 0 aliphatic heterocycles. The number of aromatic amines is 2. The fraction of sp³-hybridized carbons (Fsp3) is 0.227. The van der Waals surface area contributed by atoms with E-state index in [0.717, 1.165) is 44.7 Å². The summed E-state index contributed by atoms with van der Waals surface area (Å²) in [4.78, 5) is 40.4. The normalized spacial score (nSPS) is 13.8. The monoisotopic (exact) mass is 814 g/mol. The number of hydrogen-bond donors (Lipinski definition) is 2. The molecule has 2 fully saturated rings. The van der Waals surface area contributed by atoms with Crippen molar-refractivity contribution in [3.05, 3.63) is 152 Å². The van der Waals surface area contributed by atoms with Crippen LogP contribution in [0, 0.1) is 3.57 Å². The minimum Gasteiger partial charge on any atom is -0.465 e. The molecule has 7 aromatic rings. The topological polar surface area (TPSA) is 110 Å². The summed E-state index contributed by atoms with van der Waals surface area (Å²) < 4.78 is 11.2. The number of carbonyl (C=O) groups is 2. The van der Waals surface area contributed by atoms with Gasteiger partial charge < -0.3 is 19.4 Å². The van der Waals surface area contributed by atoms with E-state index in [2.05, 4.69) is 91.1 Å². The molecule has 9 heteroatoms. The third-order valence-electron chi connectivity index (χ3n) is 10.2. The molecule has 53 heavy (non-hydrogen) atoms.